The van der Waals surface area contributed by atoms with Crippen LogP contribution in [0.15, 0.2) is 24.3 Å². The van der Waals surface area contributed by atoms with Crippen LogP contribution in [0.4, 0.5) is 11.4 Å². The molecule has 0 saturated carbocycles. The molecule has 4 rings (SSSR count). The molecule has 0 aromatic heterocycles. The molecule has 1 aromatic rings. The summed E-state index contributed by atoms with van der Waals surface area (Å²) in [5, 5.41) is 10.7. The van der Waals surface area contributed by atoms with Gasteiger partial charge in [0.2, 0.25) is 0 Å². The van der Waals surface area contributed by atoms with Crippen molar-refractivity contribution in [3.8, 4) is 0 Å². The highest BCUT2D eigenvalue weighted by Gasteiger charge is 2.36. The Morgan fingerprint density at radius 2 is 1.89 bits per heavy atom. The standard InChI is InChI=1S/C14H19N3O2/c1-15(12-2-4-13(5-3-12)17(18)19)14-10-16-8-6-11(14)7-9-16/h2-5,11,14H,6-10H2,1H3/t14-/m1/s1. The normalized spacial score (nSPS) is 29.2. The molecule has 3 aliphatic heterocycles. The summed E-state index contributed by atoms with van der Waals surface area (Å²) < 4.78 is 0. The number of piperidine rings is 3. The van der Waals surface area contributed by atoms with Gasteiger partial charge in [-0.2, -0.15) is 0 Å². The Bertz CT molecular complexity index is 466. The first-order valence-electron chi connectivity index (χ1n) is 6.85. The van der Waals surface area contributed by atoms with E-state index in [1.54, 1.807) is 12.1 Å². The van der Waals surface area contributed by atoms with Gasteiger partial charge < -0.3 is 9.80 Å². The van der Waals surface area contributed by atoms with Crippen molar-refractivity contribution in [1.82, 2.24) is 4.90 Å². The number of rotatable bonds is 3. The maximum absolute atomic E-state index is 10.7. The van der Waals surface area contributed by atoms with Crippen LogP contribution in [-0.2, 0) is 0 Å². The number of nitrogens with zero attached hydrogens (tertiary/aromatic N) is 3. The van der Waals surface area contributed by atoms with Crippen molar-refractivity contribution < 1.29 is 4.92 Å². The van der Waals surface area contributed by atoms with E-state index in [2.05, 4.69) is 16.8 Å². The Morgan fingerprint density at radius 1 is 1.26 bits per heavy atom. The Kier molecular flexibility index (Phi) is 3.14. The van der Waals surface area contributed by atoms with Crippen molar-refractivity contribution in [3.05, 3.63) is 34.4 Å². The van der Waals surface area contributed by atoms with E-state index in [-0.39, 0.29) is 10.6 Å². The molecule has 0 spiro atoms. The second kappa shape index (κ2) is 4.81. The maximum atomic E-state index is 10.7. The van der Waals surface area contributed by atoms with Crippen LogP contribution in [0.1, 0.15) is 12.8 Å². The highest BCUT2D eigenvalue weighted by atomic mass is 16.6. The number of non-ortho nitro benzene ring substituents is 1. The van der Waals surface area contributed by atoms with Gasteiger partial charge in [-0.1, -0.05) is 0 Å². The Hall–Kier alpha value is -1.62. The molecule has 0 radical (unpaired) electrons. The summed E-state index contributed by atoms with van der Waals surface area (Å²) in [6.45, 7) is 3.59. The molecule has 5 nitrogen and oxygen atoms in total. The molecular weight excluding hydrogens is 242 g/mol. The van der Waals surface area contributed by atoms with E-state index >= 15 is 0 Å². The molecule has 1 atom stereocenters. The molecule has 0 amide bonds. The van der Waals surface area contributed by atoms with Crippen molar-refractivity contribution in [1.29, 1.82) is 0 Å². The number of hydrogen-bond donors (Lipinski definition) is 0. The number of nitro benzene ring substituents is 1. The number of hydrogen-bond acceptors (Lipinski definition) is 4. The van der Waals surface area contributed by atoms with Gasteiger partial charge in [0, 0.05) is 37.5 Å². The highest BCUT2D eigenvalue weighted by Crippen LogP contribution is 2.32. The van der Waals surface area contributed by atoms with E-state index < -0.39 is 0 Å². The third kappa shape index (κ3) is 2.30. The summed E-state index contributed by atoms with van der Waals surface area (Å²) in [7, 11) is 2.10. The molecule has 0 N–H and O–H groups in total. The lowest BCUT2D eigenvalue weighted by Crippen LogP contribution is -2.56. The SMILES string of the molecule is CN(c1ccc([N+](=O)[O-])cc1)[C@@H]1CN2CCC1CC2. The van der Waals surface area contributed by atoms with Gasteiger partial charge in [-0.3, -0.25) is 10.1 Å². The van der Waals surface area contributed by atoms with Crippen molar-refractivity contribution >= 4 is 11.4 Å². The largest absolute Gasteiger partial charge is 0.370 e. The molecule has 3 saturated heterocycles. The molecule has 19 heavy (non-hydrogen) atoms. The fraction of sp³-hybridized carbons (Fsp3) is 0.571. The zero-order valence-corrected chi connectivity index (χ0v) is 11.2. The Morgan fingerprint density at radius 3 is 2.37 bits per heavy atom. The lowest BCUT2D eigenvalue weighted by molar-refractivity contribution is -0.384. The zero-order chi connectivity index (χ0) is 13.4. The Balaban J connectivity index is 1.76. The first-order valence-corrected chi connectivity index (χ1v) is 6.85. The summed E-state index contributed by atoms with van der Waals surface area (Å²) >= 11 is 0. The van der Waals surface area contributed by atoms with Crippen LogP contribution in [0.5, 0.6) is 0 Å². The molecule has 102 valence electrons. The van der Waals surface area contributed by atoms with Crippen molar-refractivity contribution in [2.45, 2.75) is 18.9 Å². The van der Waals surface area contributed by atoms with Crippen LogP contribution >= 0.6 is 0 Å². The number of nitro groups is 1. The van der Waals surface area contributed by atoms with Crippen molar-refractivity contribution in [2.24, 2.45) is 5.92 Å². The van der Waals surface area contributed by atoms with Crippen LogP contribution < -0.4 is 4.90 Å². The minimum Gasteiger partial charge on any atom is -0.370 e. The molecule has 0 aliphatic carbocycles. The second-order valence-corrected chi connectivity index (χ2v) is 5.59. The van der Waals surface area contributed by atoms with Crippen LogP contribution in [0, 0.1) is 16.0 Å². The number of benzene rings is 1. The van der Waals surface area contributed by atoms with Crippen molar-refractivity contribution in [2.75, 3.05) is 31.6 Å². The van der Waals surface area contributed by atoms with Crippen LogP contribution in [0.25, 0.3) is 0 Å². The predicted molar refractivity (Wildman–Crippen MR) is 74.5 cm³/mol. The second-order valence-electron chi connectivity index (χ2n) is 5.59. The molecule has 3 aliphatic rings. The molecule has 5 heteroatoms. The van der Waals surface area contributed by atoms with Crippen molar-refractivity contribution in [3.63, 3.8) is 0 Å². The highest BCUT2D eigenvalue weighted by molar-refractivity contribution is 5.51. The molecule has 2 bridgehead atoms. The minimum absolute atomic E-state index is 0.158. The number of anilines is 1. The van der Waals surface area contributed by atoms with Gasteiger partial charge in [0.1, 0.15) is 0 Å². The van der Waals surface area contributed by atoms with E-state index in [0.29, 0.717) is 6.04 Å². The average Bonchev–Trinajstić information content (AvgIpc) is 2.47. The van der Waals surface area contributed by atoms with Crippen LogP contribution in [0.2, 0.25) is 0 Å². The van der Waals surface area contributed by atoms with E-state index in [0.717, 1.165) is 18.2 Å². The molecule has 1 aromatic carbocycles. The third-order valence-corrected chi connectivity index (χ3v) is 4.59. The number of likely N-dealkylation sites (N-methyl/N-ethyl adjacent to an activating group) is 1. The smallest absolute Gasteiger partial charge is 0.269 e. The average molecular weight is 261 g/mol. The molecule has 3 fully saturated rings. The van der Waals surface area contributed by atoms with Gasteiger partial charge in [-0.15, -0.1) is 0 Å². The van der Waals surface area contributed by atoms with E-state index in [4.69, 9.17) is 0 Å². The van der Waals surface area contributed by atoms with E-state index in [1.807, 2.05) is 12.1 Å². The zero-order valence-electron chi connectivity index (χ0n) is 11.2. The first kappa shape index (κ1) is 12.4. The summed E-state index contributed by atoms with van der Waals surface area (Å²) in [4.78, 5) is 15.1. The summed E-state index contributed by atoms with van der Waals surface area (Å²) in [6.07, 6.45) is 2.56. The minimum atomic E-state index is -0.349. The summed E-state index contributed by atoms with van der Waals surface area (Å²) in [5.74, 6) is 0.769. The fourth-order valence-corrected chi connectivity index (χ4v) is 3.37. The van der Waals surface area contributed by atoms with Gasteiger partial charge in [-0.25, -0.2) is 0 Å². The topological polar surface area (TPSA) is 49.6 Å². The molecular formula is C14H19N3O2. The third-order valence-electron chi connectivity index (χ3n) is 4.59. The van der Waals surface area contributed by atoms with E-state index in [9.17, 15) is 10.1 Å². The van der Waals surface area contributed by atoms with Gasteiger partial charge >= 0.3 is 0 Å². The first-order chi connectivity index (χ1) is 9.15. The van der Waals surface area contributed by atoms with E-state index in [1.165, 1.54) is 25.9 Å². The Labute approximate surface area is 113 Å². The fourth-order valence-electron chi connectivity index (χ4n) is 3.37. The quantitative estimate of drug-likeness (QED) is 0.618. The van der Waals surface area contributed by atoms with Crippen LogP contribution in [-0.4, -0.2) is 42.5 Å². The molecule has 0 unspecified atom stereocenters. The summed E-state index contributed by atoms with van der Waals surface area (Å²) in [5.41, 5.74) is 1.23. The number of fused-ring (bicyclic) bond motifs is 3. The lowest BCUT2D eigenvalue weighted by Gasteiger charge is -2.48. The maximum Gasteiger partial charge on any atom is 0.269 e. The summed E-state index contributed by atoms with van der Waals surface area (Å²) in [6, 6.07) is 7.44. The molecule has 3 heterocycles. The van der Waals surface area contributed by atoms with Gasteiger partial charge in [-0.05, 0) is 44.0 Å². The van der Waals surface area contributed by atoms with Gasteiger partial charge in [0.25, 0.3) is 5.69 Å². The van der Waals surface area contributed by atoms with Crippen LogP contribution in [0.3, 0.4) is 0 Å². The van der Waals surface area contributed by atoms with Gasteiger partial charge in [0.15, 0.2) is 0 Å². The monoisotopic (exact) mass is 261 g/mol. The lowest BCUT2D eigenvalue weighted by atomic mass is 9.83. The predicted octanol–water partition coefficient (Wildman–Crippen LogP) is 2.13. The van der Waals surface area contributed by atoms with Gasteiger partial charge in [0.05, 0.1) is 4.92 Å².